The lowest BCUT2D eigenvalue weighted by molar-refractivity contribution is 0.0973. The molecule has 0 saturated heterocycles. The van der Waals surface area contributed by atoms with Crippen LogP contribution in [0.2, 0.25) is 0 Å². The molecule has 0 amide bonds. The molecule has 0 radical (unpaired) electrons. The highest BCUT2D eigenvalue weighted by atomic mass is 32.1. The van der Waals surface area contributed by atoms with E-state index in [-0.39, 0.29) is 22.5 Å². The standard InChI is InChI=1S/C16H19NO2S/c1-3-4-7-10(2)17-13-14(18)11-8-5-6-9-12(11)15(19)16(13)20/h5-6,8-10,17,20H,3-4,7H2,1-2H3. The van der Waals surface area contributed by atoms with Crippen LogP contribution in [0, 0.1) is 0 Å². The summed E-state index contributed by atoms with van der Waals surface area (Å²) in [5.41, 5.74) is 1.23. The molecule has 1 aliphatic carbocycles. The predicted octanol–water partition coefficient (Wildman–Crippen LogP) is 3.38. The number of unbranched alkanes of at least 4 members (excludes halogenated alkanes) is 1. The molecule has 0 spiro atoms. The van der Waals surface area contributed by atoms with Crippen molar-refractivity contribution < 1.29 is 9.59 Å². The van der Waals surface area contributed by atoms with E-state index in [4.69, 9.17) is 0 Å². The molecule has 0 saturated carbocycles. The summed E-state index contributed by atoms with van der Waals surface area (Å²) in [4.78, 5) is 24.9. The SMILES string of the molecule is CCCCC(C)NC1=C(S)C(=O)c2ccccc2C1=O. The summed E-state index contributed by atoms with van der Waals surface area (Å²) in [6.45, 7) is 4.14. The Labute approximate surface area is 124 Å². The van der Waals surface area contributed by atoms with Crippen molar-refractivity contribution in [2.45, 2.75) is 39.2 Å². The van der Waals surface area contributed by atoms with Crippen LogP contribution in [0.3, 0.4) is 0 Å². The molecule has 0 heterocycles. The smallest absolute Gasteiger partial charge is 0.210 e. The van der Waals surface area contributed by atoms with E-state index >= 15 is 0 Å². The van der Waals surface area contributed by atoms with Crippen LogP contribution >= 0.6 is 12.6 Å². The second kappa shape index (κ2) is 6.27. The first-order chi connectivity index (χ1) is 9.56. The van der Waals surface area contributed by atoms with E-state index in [0.717, 1.165) is 19.3 Å². The molecule has 20 heavy (non-hydrogen) atoms. The normalized spacial score (nSPS) is 16.1. The zero-order chi connectivity index (χ0) is 14.7. The van der Waals surface area contributed by atoms with E-state index in [1.807, 2.05) is 6.92 Å². The largest absolute Gasteiger partial charge is 0.378 e. The minimum atomic E-state index is -0.186. The molecule has 0 aliphatic heterocycles. The zero-order valence-corrected chi connectivity index (χ0v) is 12.7. The summed E-state index contributed by atoms with van der Waals surface area (Å²) in [6, 6.07) is 7.03. The van der Waals surface area contributed by atoms with Gasteiger partial charge in [0.2, 0.25) is 11.6 Å². The number of hydrogen-bond acceptors (Lipinski definition) is 4. The lowest BCUT2D eigenvalue weighted by Gasteiger charge is -2.22. The number of rotatable bonds is 5. The first-order valence-corrected chi connectivity index (χ1v) is 7.39. The fraction of sp³-hybridized carbons (Fsp3) is 0.375. The van der Waals surface area contributed by atoms with Gasteiger partial charge in [-0.25, -0.2) is 0 Å². The molecule has 0 bridgehead atoms. The van der Waals surface area contributed by atoms with Gasteiger partial charge in [-0.15, -0.1) is 12.6 Å². The lowest BCUT2D eigenvalue weighted by atomic mass is 9.92. The molecule has 1 atom stereocenters. The number of ketones is 2. The average Bonchev–Trinajstić information content (AvgIpc) is 2.47. The Hall–Kier alpha value is -1.55. The molecule has 1 unspecified atom stereocenters. The van der Waals surface area contributed by atoms with Gasteiger partial charge in [0.25, 0.3) is 0 Å². The molecule has 4 heteroatoms. The van der Waals surface area contributed by atoms with Gasteiger partial charge in [-0.05, 0) is 13.3 Å². The van der Waals surface area contributed by atoms with Crippen LogP contribution in [0.5, 0.6) is 0 Å². The molecule has 3 nitrogen and oxygen atoms in total. The molecular formula is C16H19NO2S. The molecule has 106 valence electrons. The Morgan fingerprint density at radius 1 is 1.15 bits per heavy atom. The van der Waals surface area contributed by atoms with Crippen LogP contribution in [0.1, 0.15) is 53.8 Å². The third-order valence-electron chi connectivity index (χ3n) is 3.48. The summed E-state index contributed by atoms with van der Waals surface area (Å²) in [7, 11) is 0. The van der Waals surface area contributed by atoms with Gasteiger partial charge in [-0.2, -0.15) is 0 Å². The van der Waals surface area contributed by atoms with Gasteiger partial charge in [-0.3, -0.25) is 9.59 Å². The van der Waals surface area contributed by atoms with E-state index in [9.17, 15) is 9.59 Å². The summed E-state index contributed by atoms with van der Waals surface area (Å²) >= 11 is 4.25. The number of nitrogens with one attached hydrogen (secondary N) is 1. The number of Topliss-reactive ketones (excluding diaryl/α,β-unsaturated/α-hetero) is 2. The number of carbonyl (C=O) groups is 2. The van der Waals surface area contributed by atoms with E-state index in [1.165, 1.54) is 0 Å². The third-order valence-corrected chi connectivity index (χ3v) is 3.90. The van der Waals surface area contributed by atoms with Gasteiger partial charge < -0.3 is 5.32 Å². The van der Waals surface area contributed by atoms with Crippen molar-refractivity contribution in [2.24, 2.45) is 0 Å². The zero-order valence-electron chi connectivity index (χ0n) is 11.8. The number of benzene rings is 1. The topological polar surface area (TPSA) is 46.2 Å². The Bertz CT molecular complexity index is 578. The highest BCUT2D eigenvalue weighted by Crippen LogP contribution is 2.27. The van der Waals surface area contributed by atoms with Crippen molar-refractivity contribution in [3.05, 3.63) is 46.0 Å². The lowest BCUT2D eigenvalue weighted by Crippen LogP contribution is -2.34. The van der Waals surface area contributed by atoms with Crippen LogP contribution in [-0.4, -0.2) is 17.6 Å². The maximum Gasteiger partial charge on any atom is 0.210 e. The molecule has 1 aliphatic rings. The molecular weight excluding hydrogens is 270 g/mol. The minimum Gasteiger partial charge on any atom is -0.378 e. The maximum atomic E-state index is 12.5. The van der Waals surface area contributed by atoms with Crippen molar-refractivity contribution in [1.82, 2.24) is 5.32 Å². The number of carbonyl (C=O) groups excluding carboxylic acids is 2. The fourth-order valence-corrected chi connectivity index (χ4v) is 2.61. The van der Waals surface area contributed by atoms with Crippen LogP contribution in [0.4, 0.5) is 0 Å². The maximum absolute atomic E-state index is 12.5. The van der Waals surface area contributed by atoms with Crippen molar-refractivity contribution in [1.29, 1.82) is 0 Å². The van der Waals surface area contributed by atoms with Gasteiger partial charge in [0.05, 0.1) is 4.91 Å². The second-order valence-corrected chi connectivity index (χ2v) is 5.56. The number of hydrogen-bond donors (Lipinski definition) is 2. The van der Waals surface area contributed by atoms with Crippen molar-refractivity contribution >= 4 is 24.2 Å². The second-order valence-electron chi connectivity index (χ2n) is 5.12. The molecule has 0 aromatic heterocycles. The molecule has 2 rings (SSSR count). The van der Waals surface area contributed by atoms with Gasteiger partial charge >= 0.3 is 0 Å². The third kappa shape index (κ3) is 2.80. The van der Waals surface area contributed by atoms with Crippen LogP contribution in [0.25, 0.3) is 0 Å². The Morgan fingerprint density at radius 3 is 2.35 bits per heavy atom. The van der Waals surface area contributed by atoms with Gasteiger partial charge in [0.15, 0.2) is 0 Å². The Kier molecular flexibility index (Phi) is 4.65. The molecule has 1 aromatic rings. The van der Waals surface area contributed by atoms with E-state index in [1.54, 1.807) is 24.3 Å². The monoisotopic (exact) mass is 289 g/mol. The summed E-state index contributed by atoms with van der Waals surface area (Å²) in [5.74, 6) is -0.331. The van der Waals surface area contributed by atoms with Crippen LogP contribution < -0.4 is 5.32 Å². The van der Waals surface area contributed by atoms with Gasteiger partial charge in [0.1, 0.15) is 5.70 Å². The summed E-state index contributed by atoms with van der Waals surface area (Å²) < 4.78 is 0. The molecule has 1 N–H and O–H groups in total. The van der Waals surface area contributed by atoms with Crippen LogP contribution in [-0.2, 0) is 0 Å². The van der Waals surface area contributed by atoms with E-state index in [0.29, 0.717) is 16.8 Å². The van der Waals surface area contributed by atoms with Crippen molar-refractivity contribution in [2.75, 3.05) is 0 Å². The number of thiol groups is 1. The quantitative estimate of drug-likeness (QED) is 0.817. The van der Waals surface area contributed by atoms with Crippen LogP contribution in [0.15, 0.2) is 34.9 Å². The van der Waals surface area contributed by atoms with Gasteiger partial charge in [-0.1, -0.05) is 44.0 Å². The predicted molar refractivity (Wildman–Crippen MR) is 83.2 cm³/mol. The molecule has 0 fully saturated rings. The van der Waals surface area contributed by atoms with Crippen molar-refractivity contribution in [3.63, 3.8) is 0 Å². The Morgan fingerprint density at radius 2 is 1.75 bits per heavy atom. The highest BCUT2D eigenvalue weighted by Gasteiger charge is 2.30. The van der Waals surface area contributed by atoms with E-state index < -0.39 is 0 Å². The van der Waals surface area contributed by atoms with Gasteiger partial charge in [0, 0.05) is 17.2 Å². The highest BCUT2D eigenvalue weighted by molar-refractivity contribution is 7.85. The summed E-state index contributed by atoms with van der Waals surface area (Å²) in [6.07, 6.45) is 3.15. The molecule has 1 aromatic carbocycles. The average molecular weight is 289 g/mol. The summed E-state index contributed by atoms with van der Waals surface area (Å²) in [5, 5.41) is 3.16. The van der Waals surface area contributed by atoms with Crippen molar-refractivity contribution in [3.8, 4) is 0 Å². The number of allylic oxidation sites excluding steroid dienone is 2. The first-order valence-electron chi connectivity index (χ1n) is 6.94. The minimum absolute atomic E-state index is 0.145. The first kappa shape index (κ1) is 14.9. The number of fused-ring (bicyclic) bond motifs is 1. The van der Waals surface area contributed by atoms with E-state index in [2.05, 4.69) is 24.9 Å². The Balaban J connectivity index is 2.28. The fourth-order valence-electron chi connectivity index (χ4n) is 2.33.